The molecule has 0 saturated heterocycles. The molecule has 6 heteroatoms. The molecular formula is C10H14N2O4. The SMILES string of the molecule is NCNC(Cc1ccc(O)c(O)c1)C(=O)O. The van der Waals surface area contributed by atoms with Gasteiger partial charge in [-0.3, -0.25) is 10.1 Å². The third-order valence-corrected chi connectivity index (χ3v) is 2.14. The van der Waals surface area contributed by atoms with Crippen LogP contribution in [0.4, 0.5) is 0 Å². The number of aliphatic carboxylic acids is 1. The van der Waals surface area contributed by atoms with Crippen LogP contribution in [0.5, 0.6) is 11.5 Å². The molecule has 0 spiro atoms. The molecule has 0 heterocycles. The first kappa shape index (κ1) is 12.3. The Morgan fingerprint density at radius 1 is 1.38 bits per heavy atom. The monoisotopic (exact) mass is 226 g/mol. The zero-order valence-electron chi connectivity index (χ0n) is 8.55. The maximum absolute atomic E-state index is 10.8. The summed E-state index contributed by atoms with van der Waals surface area (Å²) in [6.45, 7) is 0.0566. The maximum atomic E-state index is 10.8. The zero-order chi connectivity index (χ0) is 12.1. The van der Waals surface area contributed by atoms with Crippen LogP contribution in [0.15, 0.2) is 18.2 Å². The van der Waals surface area contributed by atoms with E-state index in [2.05, 4.69) is 5.32 Å². The van der Waals surface area contributed by atoms with E-state index in [9.17, 15) is 9.90 Å². The molecule has 0 aliphatic heterocycles. The van der Waals surface area contributed by atoms with E-state index in [0.717, 1.165) is 0 Å². The number of nitrogens with two attached hydrogens (primary N) is 1. The molecule has 1 unspecified atom stereocenters. The standard InChI is InChI=1S/C10H14N2O4/c11-5-12-7(10(15)16)3-6-1-2-8(13)9(14)4-6/h1-2,4,7,12-14H,3,5,11H2,(H,15,16). The molecule has 1 aromatic rings. The van der Waals surface area contributed by atoms with Crippen LogP contribution in [-0.2, 0) is 11.2 Å². The minimum absolute atomic E-state index is 0.0566. The number of hydrogen-bond donors (Lipinski definition) is 5. The number of phenolic OH excluding ortho intramolecular Hbond substituents is 2. The van der Waals surface area contributed by atoms with Gasteiger partial charge < -0.3 is 21.1 Å². The quantitative estimate of drug-likeness (QED) is 0.344. The summed E-state index contributed by atoms with van der Waals surface area (Å²) in [4.78, 5) is 10.8. The molecule has 0 radical (unpaired) electrons. The zero-order valence-corrected chi connectivity index (χ0v) is 8.55. The summed E-state index contributed by atoms with van der Waals surface area (Å²) in [7, 11) is 0. The van der Waals surface area contributed by atoms with Crippen molar-refractivity contribution < 1.29 is 20.1 Å². The number of carboxylic acid groups (broad SMARTS) is 1. The molecule has 1 rings (SSSR count). The van der Waals surface area contributed by atoms with Gasteiger partial charge in [-0.1, -0.05) is 6.07 Å². The van der Waals surface area contributed by atoms with Gasteiger partial charge in [0.1, 0.15) is 6.04 Å². The molecule has 0 bridgehead atoms. The Morgan fingerprint density at radius 2 is 2.06 bits per heavy atom. The van der Waals surface area contributed by atoms with Gasteiger partial charge in [-0.15, -0.1) is 0 Å². The molecule has 0 aliphatic carbocycles. The molecule has 0 saturated carbocycles. The van der Waals surface area contributed by atoms with E-state index in [4.69, 9.17) is 15.9 Å². The Balaban J connectivity index is 2.77. The normalized spacial score (nSPS) is 12.3. The lowest BCUT2D eigenvalue weighted by Gasteiger charge is -2.13. The van der Waals surface area contributed by atoms with Crippen molar-refractivity contribution in [2.24, 2.45) is 5.73 Å². The molecule has 6 nitrogen and oxygen atoms in total. The third kappa shape index (κ3) is 3.11. The van der Waals surface area contributed by atoms with Crippen molar-refractivity contribution in [3.63, 3.8) is 0 Å². The van der Waals surface area contributed by atoms with Crippen LogP contribution < -0.4 is 11.1 Å². The highest BCUT2D eigenvalue weighted by Gasteiger charge is 2.16. The van der Waals surface area contributed by atoms with E-state index in [1.807, 2.05) is 0 Å². The minimum atomic E-state index is -1.02. The van der Waals surface area contributed by atoms with Crippen molar-refractivity contribution in [3.8, 4) is 11.5 Å². The number of nitrogens with one attached hydrogen (secondary N) is 1. The first-order valence-corrected chi connectivity index (χ1v) is 4.71. The van der Waals surface area contributed by atoms with Gasteiger partial charge in [0.2, 0.25) is 0 Å². The van der Waals surface area contributed by atoms with Crippen molar-refractivity contribution in [2.45, 2.75) is 12.5 Å². The van der Waals surface area contributed by atoms with E-state index >= 15 is 0 Å². The van der Waals surface area contributed by atoms with Crippen LogP contribution in [-0.4, -0.2) is 34.0 Å². The predicted octanol–water partition coefficient (Wildman–Crippen LogP) is -0.401. The fourth-order valence-electron chi connectivity index (χ4n) is 1.32. The topological polar surface area (TPSA) is 116 Å². The van der Waals surface area contributed by atoms with Gasteiger partial charge in [-0.2, -0.15) is 0 Å². The summed E-state index contributed by atoms with van der Waals surface area (Å²) in [6.07, 6.45) is 0.181. The maximum Gasteiger partial charge on any atom is 0.321 e. The lowest BCUT2D eigenvalue weighted by molar-refractivity contribution is -0.139. The lowest BCUT2D eigenvalue weighted by atomic mass is 10.1. The fourth-order valence-corrected chi connectivity index (χ4v) is 1.32. The number of carboxylic acids is 1. The van der Waals surface area contributed by atoms with Crippen molar-refractivity contribution in [3.05, 3.63) is 23.8 Å². The van der Waals surface area contributed by atoms with Crippen molar-refractivity contribution >= 4 is 5.97 Å². The lowest BCUT2D eigenvalue weighted by Crippen LogP contribution is -2.41. The van der Waals surface area contributed by atoms with Crippen molar-refractivity contribution in [2.75, 3.05) is 6.67 Å². The van der Waals surface area contributed by atoms with E-state index in [0.29, 0.717) is 5.56 Å². The van der Waals surface area contributed by atoms with Crippen LogP contribution in [0, 0.1) is 0 Å². The van der Waals surface area contributed by atoms with Gasteiger partial charge in [0, 0.05) is 6.67 Å². The summed E-state index contributed by atoms with van der Waals surface area (Å²) >= 11 is 0. The first-order chi connectivity index (χ1) is 7.54. The summed E-state index contributed by atoms with van der Waals surface area (Å²) < 4.78 is 0. The molecule has 88 valence electrons. The summed E-state index contributed by atoms with van der Waals surface area (Å²) in [5.74, 6) is -1.52. The molecule has 0 fully saturated rings. The molecule has 1 aromatic carbocycles. The average Bonchev–Trinajstić information content (AvgIpc) is 2.22. The largest absolute Gasteiger partial charge is 0.504 e. The van der Waals surface area contributed by atoms with Crippen molar-refractivity contribution in [1.82, 2.24) is 5.32 Å². The first-order valence-electron chi connectivity index (χ1n) is 4.71. The number of benzene rings is 1. The van der Waals surface area contributed by atoms with E-state index < -0.39 is 12.0 Å². The third-order valence-electron chi connectivity index (χ3n) is 2.14. The highest BCUT2D eigenvalue weighted by molar-refractivity contribution is 5.74. The number of aromatic hydroxyl groups is 2. The molecule has 16 heavy (non-hydrogen) atoms. The highest BCUT2D eigenvalue weighted by atomic mass is 16.4. The van der Waals surface area contributed by atoms with Crippen molar-refractivity contribution in [1.29, 1.82) is 0 Å². The Bertz CT molecular complexity index is 381. The van der Waals surface area contributed by atoms with Gasteiger partial charge in [0.15, 0.2) is 11.5 Å². The highest BCUT2D eigenvalue weighted by Crippen LogP contribution is 2.25. The number of phenols is 2. The number of hydrogen-bond acceptors (Lipinski definition) is 5. The summed E-state index contributed by atoms with van der Waals surface area (Å²) in [6, 6.07) is 3.37. The number of rotatable bonds is 5. The second kappa shape index (κ2) is 5.34. The fraction of sp³-hybridized carbons (Fsp3) is 0.300. The van der Waals surface area contributed by atoms with Crippen LogP contribution in [0.1, 0.15) is 5.56 Å². The Morgan fingerprint density at radius 3 is 2.56 bits per heavy atom. The minimum Gasteiger partial charge on any atom is -0.504 e. The molecule has 0 aliphatic rings. The van der Waals surface area contributed by atoms with Gasteiger partial charge in [-0.05, 0) is 24.1 Å². The molecule has 0 amide bonds. The number of carbonyl (C=O) groups is 1. The van der Waals surface area contributed by atoms with Crippen LogP contribution >= 0.6 is 0 Å². The Kier molecular flexibility index (Phi) is 4.10. The van der Waals surface area contributed by atoms with Gasteiger partial charge in [0.05, 0.1) is 0 Å². The molecule has 1 atom stereocenters. The van der Waals surface area contributed by atoms with E-state index in [1.165, 1.54) is 12.1 Å². The van der Waals surface area contributed by atoms with Crippen LogP contribution in [0.25, 0.3) is 0 Å². The van der Waals surface area contributed by atoms with Crippen LogP contribution in [0.3, 0.4) is 0 Å². The Labute approximate surface area is 92.3 Å². The second-order valence-corrected chi connectivity index (χ2v) is 3.33. The average molecular weight is 226 g/mol. The smallest absolute Gasteiger partial charge is 0.321 e. The molecular weight excluding hydrogens is 212 g/mol. The molecule has 0 aromatic heterocycles. The van der Waals surface area contributed by atoms with E-state index in [-0.39, 0.29) is 24.6 Å². The van der Waals surface area contributed by atoms with Gasteiger partial charge in [-0.25, -0.2) is 0 Å². The van der Waals surface area contributed by atoms with E-state index in [1.54, 1.807) is 6.07 Å². The summed E-state index contributed by atoms with van der Waals surface area (Å²) in [5.41, 5.74) is 5.81. The van der Waals surface area contributed by atoms with Gasteiger partial charge in [0.25, 0.3) is 0 Å². The predicted molar refractivity (Wildman–Crippen MR) is 57.1 cm³/mol. The van der Waals surface area contributed by atoms with Gasteiger partial charge >= 0.3 is 5.97 Å². The second-order valence-electron chi connectivity index (χ2n) is 3.33. The van der Waals surface area contributed by atoms with Crippen LogP contribution in [0.2, 0.25) is 0 Å². The Hall–Kier alpha value is -1.79. The summed E-state index contributed by atoms with van der Waals surface area (Å²) in [5, 5.41) is 29.8. The molecule has 6 N–H and O–H groups in total.